The van der Waals surface area contributed by atoms with Crippen molar-refractivity contribution in [2.45, 2.75) is 19.5 Å². The van der Waals surface area contributed by atoms with Crippen molar-refractivity contribution in [2.75, 3.05) is 13.7 Å². The van der Waals surface area contributed by atoms with Crippen molar-refractivity contribution in [2.24, 2.45) is 4.99 Å². The Kier molecular flexibility index (Phi) is 7.81. The maximum Gasteiger partial charge on any atom is 0.416 e. The molecule has 0 atom stereocenters. The number of carbonyl (C=O) groups excluding carboxylic acids is 1. The summed E-state index contributed by atoms with van der Waals surface area (Å²) < 4.78 is 49.3. The first-order valence-corrected chi connectivity index (χ1v) is 9.21. The molecule has 0 saturated heterocycles. The zero-order chi connectivity index (χ0) is 23.2. The fraction of sp³-hybridized carbons (Fsp3) is 0.263. The Hall–Kier alpha value is -3.34. The van der Waals surface area contributed by atoms with E-state index in [0.717, 1.165) is 18.2 Å². The molecule has 0 bridgehead atoms. The number of aliphatic imine (C=N–C) groups is 1. The number of hydrogen-bond donors (Lipinski definition) is 1. The molecule has 2 amide bonds. The molecule has 0 spiro atoms. The first-order valence-electron chi connectivity index (χ1n) is 8.83. The van der Waals surface area contributed by atoms with Gasteiger partial charge in [0.25, 0.3) is 5.69 Å². The number of nitro benzene ring substituents is 1. The second kappa shape index (κ2) is 10.1. The van der Waals surface area contributed by atoms with E-state index >= 15 is 0 Å². The SMILES string of the molecule is CCCOC(=NC(=O)NC)c1cc(Oc2ccc(C(F)(F)F)cc2Cl)ccc1[N+](=O)[O-]. The summed E-state index contributed by atoms with van der Waals surface area (Å²) in [5.74, 6) is -0.405. The highest BCUT2D eigenvalue weighted by molar-refractivity contribution is 6.32. The van der Waals surface area contributed by atoms with Gasteiger partial charge in [0.2, 0.25) is 5.90 Å². The molecular weight excluding hydrogens is 443 g/mol. The summed E-state index contributed by atoms with van der Waals surface area (Å²) in [5, 5.41) is 13.4. The van der Waals surface area contributed by atoms with Crippen molar-refractivity contribution in [3.63, 3.8) is 0 Å². The van der Waals surface area contributed by atoms with Gasteiger partial charge < -0.3 is 14.8 Å². The van der Waals surface area contributed by atoms with Crippen LogP contribution in [0.5, 0.6) is 11.5 Å². The molecular formula is C19H17ClF3N3O5. The van der Waals surface area contributed by atoms with Gasteiger partial charge in [0.15, 0.2) is 0 Å². The quantitative estimate of drug-likeness (QED) is 0.263. The molecule has 31 heavy (non-hydrogen) atoms. The van der Waals surface area contributed by atoms with Crippen LogP contribution in [0.2, 0.25) is 5.02 Å². The maximum atomic E-state index is 12.8. The molecule has 2 aromatic rings. The second-order valence-corrected chi connectivity index (χ2v) is 6.41. The summed E-state index contributed by atoms with van der Waals surface area (Å²) in [6.45, 7) is 1.92. The van der Waals surface area contributed by atoms with Gasteiger partial charge in [-0.2, -0.15) is 18.2 Å². The summed E-state index contributed by atoms with van der Waals surface area (Å²) in [4.78, 5) is 26.1. The van der Waals surface area contributed by atoms with Crippen LogP contribution in [0.15, 0.2) is 41.4 Å². The predicted octanol–water partition coefficient (Wildman–Crippen LogP) is 5.57. The van der Waals surface area contributed by atoms with Crippen LogP contribution in [0.25, 0.3) is 0 Å². The van der Waals surface area contributed by atoms with Crippen molar-refractivity contribution in [3.05, 3.63) is 62.7 Å². The lowest BCUT2D eigenvalue weighted by molar-refractivity contribution is -0.385. The molecule has 0 radical (unpaired) electrons. The number of halogens is 4. The van der Waals surface area contributed by atoms with E-state index in [-0.39, 0.29) is 34.6 Å². The monoisotopic (exact) mass is 459 g/mol. The molecule has 2 aromatic carbocycles. The lowest BCUT2D eigenvalue weighted by atomic mass is 10.1. The van der Waals surface area contributed by atoms with Crippen molar-refractivity contribution in [1.29, 1.82) is 0 Å². The molecule has 0 aliphatic heterocycles. The Morgan fingerprint density at radius 1 is 1.26 bits per heavy atom. The minimum Gasteiger partial charge on any atom is -0.477 e. The Labute approximate surface area is 179 Å². The number of amides is 2. The fourth-order valence-electron chi connectivity index (χ4n) is 2.31. The van der Waals surface area contributed by atoms with Gasteiger partial charge in [0.1, 0.15) is 17.1 Å². The highest BCUT2D eigenvalue weighted by atomic mass is 35.5. The summed E-state index contributed by atoms with van der Waals surface area (Å²) in [5.41, 5.74) is -1.52. The van der Waals surface area contributed by atoms with Crippen LogP contribution in [-0.2, 0) is 10.9 Å². The highest BCUT2D eigenvalue weighted by Gasteiger charge is 2.31. The van der Waals surface area contributed by atoms with Crippen LogP contribution >= 0.6 is 11.6 Å². The molecule has 0 unspecified atom stereocenters. The largest absolute Gasteiger partial charge is 0.477 e. The molecule has 12 heteroatoms. The topological polar surface area (TPSA) is 103 Å². The first kappa shape index (κ1) is 23.9. The summed E-state index contributed by atoms with van der Waals surface area (Å²) in [7, 11) is 1.32. The number of rotatable bonds is 6. The van der Waals surface area contributed by atoms with E-state index in [4.69, 9.17) is 21.1 Å². The standard InChI is InChI=1S/C19H17ClF3N3O5/c1-3-8-30-17(25-18(27)24-2)13-10-12(5-6-15(13)26(28)29)31-16-7-4-11(9-14(16)20)19(21,22)23/h4-7,9-10H,3,8H2,1-2H3,(H,24,27). The molecule has 8 nitrogen and oxygen atoms in total. The third-order valence-electron chi connectivity index (χ3n) is 3.74. The second-order valence-electron chi connectivity index (χ2n) is 6.00. The Bertz CT molecular complexity index is 1010. The predicted molar refractivity (Wildman–Crippen MR) is 107 cm³/mol. The number of ether oxygens (including phenoxy) is 2. The average Bonchev–Trinajstić information content (AvgIpc) is 2.71. The van der Waals surface area contributed by atoms with Crippen molar-refractivity contribution in [1.82, 2.24) is 5.32 Å². The molecule has 0 heterocycles. The van der Waals surface area contributed by atoms with Gasteiger partial charge in [-0.1, -0.05) is 18.5 Å². The number of alkyl halides is 3. The van der Waals surface area contributed by atoms with E-state index in [0.29, 0.717) is 12.5 Å². The van der Waals surface area contributed by atoms with Gasteiger partial charge in [0.05, 0.1) is 22.1 Å². The van der Waals surface area contributed by atoms with Crippen LogP contribution in [0.1, 0.15) is 24.5 Å². The van der Waals surface area contributed by atoms with Gasteiger partial charge in [0, 0.05) is 19.2 Å². The number of carbonyl (C=O) groups is 1. The third kappa shape index (κ3) is 6.32. The highest BCUT2D eigenvalue weighted by Crippen LogP contribution is 2.37. The summed E-state index contributed by atoms with van der Waals surface area (Å²) in [6.07, 6.45) is -4.04. The van der Waals surface area contributed by atoms with Crippen LogP contribution in [0, 0.1) is 10.1 Å². The molecule has 2 rings (SSSR count). The van der Waals surface area contributed by atoms with Crippen LogP contribution in [-0.4, -0.2) is 30.5 Å². The number of nitrogens with one attached hydrogen (secondary N) is 1. The zero-order valence-corrected chi connectivity index (χ0v) is 17.1. The Morgan fingerprint density at radius 3 is 2.52 bits per heavy atom. The normalized spacial score (nSPS) is 11.7. The van der Waals surface area contributed by atoms with Gasteiger partial charge in [-0.25, -0.2) is 4.79 Å². The maximum absolute atomic E-state index is 12.8. The van der Waals surface area contributed by atoms with Crippen LogP contribution < -0.4 is 10.1 Å². The van der Waals surface area contributed by atoms with Gasteiger partial charge in [-0.3, -0.25) is 10.1 Å². The number of urea groups is 1. The van der Waals surface area contributed by atoms with Gasteiger partial charge >= 0.3 is 12.2 Å². The number of hydrogen-bond acceptors (Lipinski definition) is 5. The molecule has 0 fully saturated rings. The van der Waals surface area contributed by atoms with E-state index in [1.807, 2.05) is 0 Å². The smallest absolute Gasteiger partial charge is 0.416 e. The lowest BCUT2D eigenvalue weighted by Crippen LogP contribution is -2.19. The van der Waals surface area contributed by atoms with E-state index < -0.39 is 28.4 Å². The molecule has 1 N–H and O–H groups in total. The van der Waals surface area contributed by atoms with Gasteiger partial charge in [-0.05, 0) is 30.7 Å². The number of nitrogens with zero attached hydrogens (tertiary/aromatic N) is 2. The molecule has 166 valence electrons. The van der Waals surface area contributed by atoms with E-state index in [9.17, 15) is 28.1 Å². The van der Waals surface area contributed by atoms with Crippen molar-refractivity contribution in [3.8, 4) is 11.5 Å². The Morgan fingerprint density at radius 2 is 1.97 bits per heavy atom. The lowest BCUT2D eigenvalue weighted by Gasteiger charge is -2.13. The van der Waals surface area contributed by atoms with Crippen LogP contribution in [0.3, 0.4) is 0 Å². The van der Waals surface area contributed by atoms with Crippen molar-refractivity contribution >= 4 is 29.2 Å². The number of nitro groups is 1. The summed E-state index contributed by atoms with van der Waals surface area (Å²) >= 11 is 5.89. The van der Waals surface area contributed by atoms with E-state index in [1.165, 1.54) is 19.2 Å². The minimum absolute atomic E-state index is 0.00645. The average molecular weight is 460 g/mol. The molecule has 0 aromatic heterocycles. The van der Waals surface area contributed by atoms with Gasteiger partial charge in [-0.15, -0.1) is 0 Å². The summed E-state index contributed by atoms with van der Waals surface area (Å²) in [6, 6.07) is 5.23. The number of benzene rings is 2. The molecule has 0 aliphatic carbocycles. The minimum atomic E-state index is -4.58. The van der Waals surface area contributed by atoms with Crippen molar-refractivity contribution < 1.29 is 32.4 Å². The Balaban J connectivity index is 2.48. The van der Waals surface area contributed by atoms with E-state index in [2.05, 4.69) is 10.3 Å². The zero-order valence-electron chi connectivity index (χ0n) is 16.3. The van der Waals surface area contributed by atoms with E-state index in [1.54, 1.807) is 6.92 Å². The fourth-order valence-corrected chi connectivity index (χ4v) is 2.53. The molecule has 0 aliphatic rings. The van der Waals surface area contributed by atoms with Crippen LogP contribution in [0.4, 0.5) is 23.7 Å². The molecule has 0 saturated carbocycles. The third-order valence-corrected chi connectivity index (χ3v) is 4.04. The first-order chi connectivity index (χ1) is 14.6.